The van der Waals surface area contributed by atoms with Crippen LogP contribution in [0.3, 0.4) is 0 Å². The molecule has 2 heteroatoms. The summed E-state index contributed by atoms with van der Waals surface area (Å²) in [5, 5.41) is 3.23. The number of carbonyl (C=O) groups is 1. The van der Waals surface area contributed by atoms with Gasteiger partial charge in [0.2, 0.25) is 5.91 Å². The molecular weight excluding hydrogens is 246 g/mol. The summed E-state index contributed by atoms with van der Waals surface area (Å²) in [5.74, 6) is 2.38. The van der Waals surface area contributed by atoms with E-state index in [-0.39, 0.29) is 5.91 Å². The lowest BCUT2D eigenvalue weighted by Gasteiger charge is -2.33. The van der Waals surface area contributed by atoms with Crippen molar-refractivity contribution in [3.8, 4) is 0 Å². The summed E-state index contributed by atoms with van der Waals surface area (Å²) >= 11 is 0. The summed E-state index contributed by atoms with van der Waals surface area (Å²) in [6.45, 7) is 2.36. The minimum atomic E-state index is 0.258. The molecule has 20 heavy (non-hydrogen) atoms. The number of amides is 1. The molecule has 4 unspecified atom stereocenters. The SMILES string of the molecule is CC1CCCC(C2CC(=O)NC2Cc2ccccc2)C1. The molecule has 1 aromatic rings. The van der Waals surface area contributed by atoms with Crippen LogP contribution in [0.4, 0.5) is 0 Å². The third kappa shape index (κ3) is 3.05. The fourth-order valence-corrected chi connectivity index (χ4v) is 4.16. The van der Waals surface area contributed by atoms with Crippen molar-refractivity contribution in [3.63, 3.8) is 0 Å². The van der Waals surface area contributed by atoms with Gasteiger partial charge in [0.1, 0.15) is 0 Å². The van der Waals surface area contributed by atoms with E-state index >= 15 is 0 Å². The Morgan fingerprint density at radius 2 is 2.00 bits per heavy atom. The van der Waals surface area contributed by atoms with Crippen LogP contribution >= 0.6 is 0 Å². The first kappa shape index (κ1) is 13.7. The van der Waals surface area contributed by atoms with Crippen LogP contribution in [-0.4, -0.2) is 11.9 Å². The number of hydrogen-bond donors (Lipinski definition) is 1. The molecule has 0 spiro atoms. The van der Waals surface area contributed by atoms with Crippen molar-refractivity contribution in [3.05, 3.63) is 35.9 Å². The second-order valence-electron chi connectivity index (χ2n) is 6.76. The standard InChI is InChI=1S/C18H25NO/c1-13-6-5-9-15(10-13)16-12-18(20)19-17(16)11-14-7-3-2-4-8-14/h2-4,7-8,13,15-17H,5-6,9-12H2,1H3,(H,19,20). The predicted octanol–water partition coefficient (Wildman–Crippen LogP) is 3.56. The maximum absolute atomic E-state index is 11.9. The Balaban J connectivity index is 1.70. The smallest absolute Gasteiger partial charge is 0.220 e. The Bertz CT molecular complexity index is 456. The van der Waals surface area contributed by atoms with Crippen LogP contribution in [0.5, 0.6) is 0 Å². The lowest BCUT2D eigenvalue weighted by molar-refractivity contribution is -0.119. The van der Waals surface area contributed by atoms with Crippen molar-refractivity contribution >= 4 is 5.91 Å². The molecule has 108 valence electrons. The number of hydrogen-bond acceptors (Lipinski definition) is 1. The van der Waals surface area contributed by atoms with Gasteiger partial charge in [0.25, 0.3) is 0 Å². The minimum Gasteiger partial charge on any atom is -0.353 e. The maximum atomic E-state index is 11.9. The summed E-state index contributed by atoms with van der Waals surface area (Å²) in [7, 11) is 0. The van der Waals surface area contributed by atoms with E-state index in [2.05, 4.69) is 42.6 Å². The van der Waals surface area contributed by atoms with Gasteiger partial charge in [0.15, 0.2) is 0 Å². The van der Waals surface area contributed by atoms with Crippen LogP contribution in [0.15, 0.2) is 30.3 Å². The van der Waals surface area contributed by atoms with E-state index in [1.54, 1.807) is 0 Å². The van der Waals surface area contributed by atoms with Crippen molar-refractivity contribution in [2.24, 2.45) is 17.8 Å². The summed E-state index contributed by atoms with van der Waals surface area (Å²) in [5.41, 5.74) is 1.34. The van der Waals surface area contributed by atoms with Crippen molar-refractivity contribution in [1.82, 2.24) is 5.32 Å². The van der Waals surface area contributed by atoms with Gasteiger partial charge in [-0.3, -0.25) is 4.79 Å². The van der Waals surface area contributed by atoms with Crippen molar-refractivity contribution < 1.29 is 4.79 Å². The monoisotopic (exact) mass is 271 g/mol. The number of carbonyl (C=O) groups excluding carboxylic acids is 1. The van der Waals surface area contributed by atoms with Gasteiger partial charge in [-0.25, -0.2) is 0 Å². The first-order valence-electron chi connectivity index (χ1n) is 8.05. The molecule has 1 saturated carbocycles. The average molecular weight is 271 g/mol. The molecule has 1 aliphatic carbocycles. The molecule has 1 heterocycles. The van der Waals surface area contributed by atoms with Gasteiger partial charge in [0.05, 0.1) is 0 Å². The molecule has 3 rings (SSSR count). The molecule has 2 aliphatic rings. The second kappa shape index (κ2) is 5.99. The number of benzene rings is 1. The van der Waals surface area contributed by atoms with E-state index in [9.17, 15) is 4.79 Å². The first-order chi connectivity index (χ1) is 9.72. The highest BCUT2D eigenvalue weighted by atomic mass is 16.2. The highest BCUT2D eigenvalue weighted by Crippen LogP contribution is 2.39. The first-order valence-corrected chi connectivity index (χ1v) is 8.05. The quantitative estimate of drug-likeness (QED) is 0.895. The highest BCUT2D eigenvalue weighted by molar-refractivity contribution is 5.79. The van der Waals surface area contributed by atoms with E-state index in [1.165, 1.54) is 31.2 Å². The Hall–Kier alpha value is -1.31. The molecular formula is C18H25NO. The Morgan fingerprint density at radius 1 is 1.20 bits per heavy atom. The predicted molar refractivity (Wildman–Crippen MR) is 81.3 cm³/mol. The van der Waals surface area contributed by atoms with Crippen LogP contribution < -0.4 is 5.32 Å². The Kier molecular flexibility index (Phi) is 4.09. The van der Waals surface area contributed by atoms with Gasteiger partial charge < -0.3 is 5.32 Å². The van der Waals surface area contributed by atoms with Gasteiger partial charge in [-0.1, -0.05) is 56.5 Å². The molecule has 2 fully saturated rings. The largest absolute Gasteiger partial charge is 0.353 e. The molecule has 0 bridgehead atoms. The minimum absolute atomic E-state index is 0.258. The third-order valence-corrected chi connectivity index (χ3v) is 5.17. The lowest BCUT2D eigenvalue weighted by Crippen LogP contribution is -2.35. The van der Waals surface area contributed by atoms with Gasteiger partial charge >= 0.3 is 0 Å². The van der Waals surface area contributed by atoms with Crippen LogP contribution in [0.1, 0.15) is 44.6 Å². The number of nitrogens with one attached hydrogen (secondary N) is 1. The zero-order valence-corrected chi connectivity index (χ0v) is 12.3. The molecule has 1 aromatic carbocycles. The fourth-order valence-electron chi connectivity index (χ4n) is 4.16. The molecule has 0 radical (unpaired) electrons. The molecule has 4 atom stereocenters. The molecule has 2 nitrogen and oxygen atoms in total. The zero-order valence-electron chi connectivity index (χ0n) is 12.3. The summed E-state index contributed by atoms with van der Waals surface area (Å²) in [6, 6.07) is 10.9. The summed E-state index contributed by atoms with van der Waals surface area (Å²) < 4.78 is 0. The Morgan fingerprint density at radius 3 is 2.75 bits per heavy atom. The average Bonchev–Trinajstić information content (AvgIpc) is 2.81. The normalized spacial score (nSPS) is 34.0. The molecule has 1 N–H and O–H groups in total. The van der Waals surface area contributed by atoms with Crippen LogP contribution in [0.2, 0.25) is 0 Å². The number of rotatable bonds is 3. The van der Waals surface area contributed by atoms with E-state index < -0.39 is 0 Å². The zero-order chi connectivity index (χ0) is 13.9. The van der Waals surface area contributed by atoms with E-state index in [0.717, 1.165) is 24.7 Å². The lowest BCUT2D eigenvalue weighted by atomic mass is 9.72. The van der Waals surface area contributed by atoms with Crippen LogP contribution in [-0.2, 0) is 11.2 Å². The van der Waals surface area contributed by atoms with Gasteiger partial charge in [-0.15, -0.1) is 0 Å². The van der Waals surface area contributed by atoms with E-state index in [4.69, 9.17) is 0 Å². The molecule has 1 aliphatic heterocycles. The molecule has 1 saturated heterocycles. The van der Waals surface area contributed by atoms with Crippen LogP contribution in [0.25, 0.3) is 0 Å². The summed E-state index contributed by atoms with van der Waals surface area (Å²) in [4.78, 5) is 11.9. The van der Waals surface area contributed by atoms with Crippen molar-refractivity contribution in [2.75, 3.05) is 0 Å². The topological polar surface area (TPSA) is 29.1 Å². The molecule has 1 amide bonds. The van der Waals surface area contributed by atoms with Crippen LogP contribution in [0, 0.1) is 17.8 Å². The van der Waals surface area contributed by atoms with Gasteiger partial charge in [0, 0.05) is 12.5 Å². The van der Waals surface area contributed by atoms with Crippen molar-refractivity contribution in [1.29, 1.82) is 0 Å². The fraction of sp³-hybridized carbons (Fsp3) is 0.611. The molecule has 0 aromatic heterocycles. The van der Waals surface area contributed by atoms with Crippen molar-refractivity contribution in [2.45, 2.75) is 51.5 Å². The second-order valence-corrected chi connectivity index (χ2v) is 6.76. The maximum Gasteiger partial charge on any atom is 0.220 e. The summed E-state index contributed by atoms with van der Waals surface area (Å²) in [6.07, 6.45) is 7.07. The highest BCUT2D eigenvalue weighted by Gasteiger charge is 2.38. The Labute approximate surface area is 122 Å². The van der Waals surface area contributed by atoms with E-state index in [0.29, 0.717) is 12.0 Å². The van der Waals surface area contributed by atoms with E-state index in [1.807, 2.05) is 0 Å². The third-order valence-electron chi connectivity index (χ3n) is 5.17. The van der Waals surface area contributed by atoms with Gasteiger partial charge in [-0.05, 0) is 36.2 Å². The van der Waals surface area contributed by atoms with Gasteiger partial charge in [-0.2, -0.15) is 0 Å².